The maximum Gasteiger partial charge on any atom is 0.275 e. The van der Waals surface area contributed by atoms with E-state index in [1.807, 2.05) is 0 Å². The fourth-order valence-electron chi connectivity index (χ4n) is 2.82. The molecule has 11 heteroatoms. The van der Waals surface area contributed by atoms with Gasteiger partial charge in [0, 0.05) is 0 Å². The van der Waals surface area contributed by atoms with Crippen LogP contribution in [0.3, 0.4) is 0 Å². The van der Waals surface area contributed by atoms with Crippen molar-refractivity contribution < 1.29 is 25.2 Å². The van der Waals surface area contributed by atoms with Crippen LogP contribution in [0.1, 0.15) is 16.1 Å². The molecule has 2 aromatic rings. The van der Waals surface area contributed by atoms with Crippen LogP contribution in [0.25, 0.3) is 0 Å². The minimum atomic E-state index is -1.06. The molecule has 1 saturated heterocycles. The maximum absolute atomic E-state index is 11.9. The summed E-state index contributed by atoms with van der Waals surface area (Å²) >= 11 is 0. The highest BCUT2D eigenvalue weighted by molar-refractivity contribution is 5.97. The quantitative estimate of drug-likeness (QED) is 0.244. The molecule has 0 bridgehead atoms. The first kappa shape index (κ1) is 18.9. The van der Waals surface area contributed by atoms with Gasteiger partial charge in [-0.3, -0.25) is 9.48 Å². The second kappa shape index (κ2) is 8.22. The Morgan fingerprint density at radius 1 is 1.30 bits per heavy atom. The highest BCUT2D eigenvalue weighted by Crippen LogP contribution is 2.16. The average molecular weight is 376 g/mol. The zero-order chi connectivity index (χ0) is 19.4. The van der Waals surface area contributed by atoms with Crippen molar-refractivity contribution in [3.63, 3.8) is 0 Å². The van der Waals surface area contributed by atoms with Gasteiger partial charge in [-0.05, 0) is 12.1 Å². The third-order valence-electron chi connectivity index (χ3n) is 4.25. The van der Waals surface area contributed by atoms with Gasteiger partial charge >= 0.3 is 0 Å². The van der Waals surface area contributed by atoms with E-state index < -0.39 is 30.2 Å². The SMILES string of the molecule is O=C(N/N=C/c1cn(C[C@H]2N[C@H](CO)[C@@H](O)[C@@H]2O)nn1)c1ccccc1O. The molecule has 1 aromatic carbocycles. The summed E-state index contributed by atoms with van der Waals surface area (Å²) in [7, 11) is 0. The molecule has 0 unspecified atom stereocenters. The minimum Gasteiger partial charge on any atom is -0.507 e. The number of benzene rings is 1. The number of amides is 1. The molecule has 1 aromatic heterocycles. The molecular weight excluding hydrogens is 356 g/mol. The predicted molar refractivity (Wildman–Crippen MR) is 93.0 cm³/mol. The Bertz CT molecular complexity index is 825. The van der Waals surface area contributed by atoms with Gasteiger partial charge in [0.15, 0.2) is 0 Å². The molecule has 1 aliphatic heterocycles. The number of nitrogens with zero attached hydrogens (tertiary/aromatic N) is 4. The summed E-state index contributed by atoms with van der Waals surface area (Å²) in [6.07, 6.45) is 0.726. The standard InChI is InChI=1S/C16H20N6O5/c23-8-12-15(26)14(25)11(18-12)7-22-6-9(19-21-22)5-17-20-16(27)10-3-1-2-4-13(10)24/h1-6,11-12,14-15,18,23-26H,7-8H2,(H,20,27)/b17-5+/t11-,12-,14-,15-/m1/s1. The number of phenols is 1. The number of aliphatic hydroxyl groups excluding tert-OH is 3. The number of carbonyl (C=O) groups is 1. The van der Waals surface area contributed by atoms with Crippen molar-refractivity contribution in [1.82, 2.24) is 25.7 Å². The highest BCUT2D eigenvalue weighted by Gasteiger charge is 2.40. The number of para-hydroxylation sites is 1. The van der Waals surface area contributed by atoms with Gasteiger partial charge in [-0.25, -0.2) is 5.43 Å². The van der Waals surface area contributed by atoms with Crippen LogP contribution in [0.5, 0.6) is 5.75 Å². The first-order chi connectivity index (χ1) is 13.0. The molecule has 1 fully saturated rings. The summed E-state index contributed by atoms with van der Waals surface area (Å²) in [4.78, 5) is 11.9. The van der Waals surface area contributed by atoms with Crippen molar-refractivity contribution in [2.45, 2.75) is 30.8 Å². The Labute approximate surface area is 154 Å². The lowest BCUT2D eigenvalue weighted by Gasteiger charge is -2.14. The fourth-order valence-corrected chi connectivity index (χ4v) is 2.82. The number of nitrogens with one attached hydrogen (secondary N) is 2. The van der Waals surface area contributed by atoms with E-state index in [1.165, 1.54) is 23.0 Å². The van der Waals surface area contributed by atoms with E-state index in [0.29, 0.717) is 5.69 Å². The Balaban J connectivity index is 1.56. The summed E-state index contributed by atoms with van der Waals surface area (Å²) in [5, 5.41) is 53.0. The largest absolute Gasteiger partial charge is 0.507 e. The Kier molecular flexibility index (Phi) is 5.76. The second-order valence-corrected chi connectivity index (χ2v) is 6.13. The lowest BCUT2D eigenvalue weighted by atomic mass is 10.1. The number of aromatic nitrogens is 3. The van der Waals surface area contributed by atoms with Crippen molar-refractivity contribution in [3.8, 4) is 5.75 Å². The number of hydrogen-bond acceptors (Lipinski definition) is 9. The van der Waals surface area contributed by atoms with E-state index in [9.17, 15) is 20.1 Å². The van der Waals surface area contributed by atoms with Crippen LogP contribution < -0.4 is 10.7 Å². The van der Waals surface area contributed by atoms with E-state index in [-0.39, 0.29) is 24.5 Å². The van der Waals surface area contributed by atoms with Crippen LogP contribution in [0.2, 0.25) is 0 Å². The molecule has 6 N–H and O–H groups in total. The van der Waals surface area contributed by atoms with Gasteiger partial charge in [-0.2, -0.15) is 5.10 Å². The minimum absolute atomic E-state index is 0.0941. The second-order valence-electron chi connectivity index (χ2n) is 6.13. The van der Waals surface area contributed by atoms with Crippen molar-refractivity contribution in [2.24, 2.45) is 5.10 Å². The van der Waals surface area contributed by atoms with Gasteiger partial charge in [-0.15, -0.1) is 5.10 Å². The lowest BCUT2D eigenvalue weighted by Crippen LogP contribution is -2.38. The zero-order valence-electron chi connectivity index (χ0n) is 14.2. The van der Waals surface area contributed by atoms with E-state index in [4.69, 9.17) is 5.11 Å². The number of aromatic hydroxyl groups is 1. The molecule has 11 nitrogen and oxygen atoms in total. The summed E-state index contributed by atoms with van der Waals surface area (Å²) in [6.45, 7) is -0.0690. The van der Waals surface area contributed by atoms with Gasteiger partial charge in [0.25, 0.3) is 5.91 Å². The summed E-state index contributed by atoms with van der Waals surface area (Å²) in [5.41, 5.74) is 2.73. The Morgan fingerprint density at radius 3 is 2.74 bits per heavy atom. The summed E-state index contributed by atoms with van der Waals surface area (Å²) in [5.74, 6) is -0.721. The number of carbonyl (C=O) groups excluding carboxylic acids is 1. The molecule has 0 radical (unpaired) electrons. The van der Waals surface area contributed by atoms with Crippen molar-refractivity contribution in [2.75, 3.05) is 6.61 Å². The van der Waals surface area contributed by atoms with Crippen LogP contribution in [-0.2, 0) is 6.54 Å². The molecule has 4 atom stereocenters. The molecule has 0 saturated carbocycles. The highest BCUT2D eigenvalue weighted by atomic mass is 16.3. The normalized spacial score (nSPS) is 25.1. The predicted octanol–water partition coefficient (Wildman–Crippen LogP) is -2.20. The Morgan fingerprint density at radius 2 is 2.04 bits per heavy atom. The molecule has 144 valence electrons. The van der Waals surface area contributed by atoms with E-state index in [1.54, 1.807) is 18.3 Å². The smallest absolute Gasteiger partial charge is 0.275 e. The third-order valence-corrected chi connectivity index (χ3v) is 4.25. The number of phenolic OH excluding ortho intramolecular Hbond substituents is 1. The molecule has 3 rings (SSSR count). The van der Waals surface area contributed by atoms with E-state index in [2.05, 4.69) is 26.2 Å². The van der Waals surface area contributed by atoms with Gasteiger partial charge in [0.05, 0.1) is 55.4 Å². The van der Waals surface area contributed by atoms with Gasteiger partial charge in [0.2, 0.25) is 0 Å². The van der Waals surface area contributed by atoms with Crippen LogP contribution >= 0.6 is 0 Å². The van der Waals surface area contributed by atoms with Gasteiger partial charge in [0.1, 0.15) is 11.4 Å². The number of hydrazone groups is 1. The number of aliphatic hydroxyl groups is 3. The number of rotatable bonds is 6. The monoisotopic (exact) mass is 376 g/mol. The molecular formula is C16H20N6O5. The van der Waals surface area contributed by atoms with Crippen LogP contribution in [0, 0.1) is 0 Å². The van der Waals surface area contributed by atoms with Crippen LogP contribution in [0.4, 0.5) is 0 Å². The van der Waals surface area contributed by atoms with Gasteiger partial charge in [-0.1, -0.05) is 17.3 Å². The van der Waals surface area contributed by atoms with E-state index >= 15 is 0 Å². The number of hydrogen-bond donors (Lipinski definition) is 6. The van der Waals surface area contributed by atoms with Crippen LogP contribution in [-0.4, -0.2) is 78.4 Å². The molecule has 1 aliphatic rings. The van der Waals surface area contributed by atoms with Crippen molar-refractivity contribution in [3.05, 3.63) is 41.7 Å². The molecule has 0 spiro atoms. The molecule has 0 aliphatic carbocycles. The summed E-state index contributed by atoms with van der Waals surface area (Å²) < 4.78 is 1.44. The summed E-state index contributed by atoms with van der Waals surface area (Å²) in [6, 6.07) is 4.99. The molecule has 1 amide bonds. The molecule has 2 heterocycles. The topological polar surface area (TPSA) is 165 Å². The first-order valence-corrected chi connectivity index (χ1v) is 8.24. The average Bonchev–Trinajstić information content (AvgIpc) is 3.21. The molecule has 27 heavy (non-hydrogen) atoms. The van der Waals surface area contributed by atoms with Crippen LogP contribution in [0.15, 0.2) is 35.6 Å². The van der Waals surface area contributed by atoms with Crippen molar-refractivity contribution >= 4 is 12.1 Å². The Hall–Kier alpha value is -2.86. The maximum atomic E-state index is 11.9. The third kappa shape index (κ3) is 4.28. The zero-order valence-corrected chi connectivity index (χ0v) is 14.2. The lowest BCUT2D eigenvalue weighted by molar-refractivity contribution is 0.0175. The van der Waals surface area contributed by atoms with E-state index in [0.717, 1.165) is 0 Å². The van der Waals surface area contributed by atoms with Gasteiger partial charge < -0.3 is 25.7 Å². The fraction of sp³-hybridized carbons (Fsp3) is 0.375. The van der Waals surface area contributed by atoms with Crippen molar-refractivity contribution in [1.29, 1.82) is 0 Å². The first-order valence-electron chi connectivity index (χ1n) is 8.24.